The third kappa shape index (κ3) is 1.60. The number of hydrogen-bond donors (Lipinski definition) is 0. The Morgan fingerprint density at radius 3 is 2.93 bits per heavy atom. The Hall–Kier alpha value is -0.0500. The van der Waals surface area contributed by atoms with Gasteiger partial charge in [0.25, 0.3) is 0 Å². The van der Waals surface area contributed by atoms with Crippen LogP contribution in [-0.4, -0.2) is 0 Å². The van der Waals surface area contributed by atoms with Crippen molar-refractivity contribution in [1.29, 1.82) is 0 Å². The third-order valence-electron chi connectivity index (χ3n) is 2.37. The van der Waals surface area contributed by atoms with Crippen molar-refractivity contribution >= 4 is 49.0 Å². The molecule has 0 unspecified atom stereocenters. The lowest BCUT2D eigenvalue weighted by Crippen LogP contribution is -1.91. The summed E-state index contributed by atoms with van der Waals surface area (Å²) >= 11 is 11.4. The van der Waals surface area contributed by atoms with Crippen LogP contribution in [0.3, 0.4) is 0 Å². The van der Waals surface area contributed by atoms with Crippen LogP contribution in [-0.2, 0) is 12.3 Å². The van der Waals surface area contributed by atoms with Gasteiger partial charge < -0.3 is 0 Å². The summed E-state index contributed by atoms with van der Waals surface area (Å²) in [5.74, 6) is 0.591. The molecule has 0 nitrogen and oxygen atoms in total. The van der Waals surface area contributed by atoms with Crippen LogP contribution in [0, 0.1) is 0 Å². The molecule has 0 atom stereocenters. The fraction of sp³-hybridized carbons (Fsp3) is 0.273. The molecule has 0 aliphatic rings. The minimum atomic E-state index is 0.591. The van der Waals surface area contributed by atoms with Crippen molar-refractivity contribution in [2.75, 3.05) is 0 Å². The second kappa shape index (κ2) is 4.21. The van der Waals surface area contributed by atoms with Crippen LogP contribution in [0.25, 0.3) is 10.1 Å². The van der Waals surface area contributed by atoms with Gasteiger partial charge in [-0.2, -0.15) is 0 Å². The first-order valence-corrected chi connectivity index (χ1v) is 6.72. The second-order valence-electron chi connectivity index (χ2n) is 3.15. The highest BCUT2D eigenvalue weighted by Crippen LogP contribution is 2.35. The van der Waals surface area contributed by atoms with Gasteiger partial charge in [0.1, 0.15) is 0 Å². The van der Waals surface area contributed by atoms with Crippen molar-refractivity contribution in [3.63, 3.8) is 0 Å². The van der Waals surface area contributed by atoms with Gasteiger partial charge in [0.15, 0.2) is 0 Å². The van der Waals surface area contributed by atoms with E-state index in [4.69, 9.17) is 11.6 Å². The third-order valence-corrected chi connectivity index (χ3v) is 4.75. The molecule has 2 aromatic rings. The summed E-state index contributed by atoms with van der Waals surface area (Å²) in [5, 5.41) is 3.40. The van der Waals surface area contributed by atoms with E-state index in [0.717, 1.165) is 6.42 Å². The number of alkyl halides is 1. The van der Waals surface area contributed by atoms with Crippen molar-refractivity contribution in [3.05, 3.63) is 33.1 Å². The zero-order valence-electron chi connectivity index (χ0n) is 7.81. The highest BCUT2D eigenvalue weighted by Gasteiger charge is 2.09. The van der Waals surface area contributed by atoms with E-state index in [0.29, 0.717) is 5.88 Å². The maximum absolute atomic E-state index is 5.93. The molecule has 0 amide bonds. The minimum Gasteiger partial charge on any atom is -0.143 e. The summed E-state index contributed by atoms with van der Waals surface area (Å²) in [6, 6.07) is 4.34. The fourth-order valence-electron chi connectivity index (χ4n) is 1.67. The Kier molecular flexibility index (Phi) is 3.15. The first kappa shape index (κ1) is 10.5. The van der Waals surface area contributed by atoms with Crippen molar-refractivity contribution in [1.82, 2.24) is 0 Å². The maximum atomic E-state index is 5.93. The smallest absolute Gasteiger partial charge is 0.0487 e. The lowest BCUT2D eigenvalue weighted by Gasteiger charge is -2.08. The molecule has 0 bridgehead atoms. The normalized spacial score (nSPS) is 11.1. The second-order valence-corrected chi connectivity index (χ2v) is 5.13. The molecular formula is C11H10BrClS. The van der Waals surface area contributed by atoms with E-state index >= 15 is 0 Å². The van der Waals surface area contributed by atoms with E-state index in [1.807, 2.05) is 0 Å². The van der Waals surface area contributed by atoms with Gasteiger partial charge in [-0.05, 0) is 56.4 Å². The van der Waals surface area contributed by atoms with Crippen LogP contribution in [0.4, 0.5) is 0 Å². The molecule has 3 heteroatoms. The molecule has 2 rings (SSSR count). The number of thiophene rings is 1. The Morgan fingerprint density at radius 1 is 1.50 bits per heavy atom. The number of hydrogen-bond acceptors (Lipinski definition) is 1. The van der Waals surface area contributed by atoms with E-state index in [9.17, 15) is 0 Å². The lowest BCUT2D eigenvalue weighted by atomic mass is 10.0. The number of halogens is 2. The molecule has 0 aliphatic heterocycles. The summed E-state index contributed by atoms with van der Waals surface area (Å²) in [6.45, 7) is 2.16. The molecule has 0 N–H and O–H groups in total. The van der Waals surface area contributed by atoms with Gasteiger partial charge in [-0.15, -0.1) is 22.9 Å². The molecule has 0 aliphatic carbocycles. The van der Waals surface area contributed by atoms with Crippen molar-refractivity contribution < 1.29 is 0 Å². The maximum Gasteiger partial charge on any atom is 0.0487 e. The summed E-state index contributed by atoms with van der Waals surface area (Å²) in [4.78, 5) is 0. The monoisotopic (exact) mass is 288 g/mol. The standard InChI is InChI=1S/C11H10BrClS/c1-2-9-8(6-13)5-7-3-4-14-11(7)10(9)12/h3-5H,2,6H2,1H3. The molecule has 74 valence electrons. The van der Waals surface area contributed by atoms with Gasteiger partial charge in [-0.3, -0.25) is 0 Å². The average molecular weight is 290 g/mol. The van der Waals surface area contributed by atoms with Crippen molar-refractivity contribution in [2.24, 2.45) is 0 Å². The first-order chi connectivity index (χ1) is 6.77. The molecule has 0 saturated heterocycles. The van der Waals surface area contributed by atoms with E-state index in [1.165, 1.54) is 25.7 Å². The van der Waals surface area contributed by atoms with Gasteiger partial charge in [-0.1, -0.05) is 6.92 Å². The highest BCUT2D eigenvalue weighted by molar-refractivity contribution is 9.10. The quantitative estimate of drug-likeness (QED) is 0.685. The average Bonchev–Trinajstić information content (AvgIpc) is 2.65. The van der Waals surface area contributed by atoms with E-state index in [2.05, 4.69) is 40.4 Å². The van der Waals surface area contributed by atoms with Gasteiger partial charge in [0.2, 0.25) is 0 Å². The Morgan fingerprint density at radius 2 is 2.29 bits per heavy atom. The Bertz CT molecular complexity index is 462. The Balaban J connectivity index is 2.79. The number of fused-ring (bicyclic) bond motifs is 1. The van der Waals surface area contributed by atoms with Crippen LogP contribution in [0.5, 0.6) is 0 Å². The number of rotatable bonds is 2. The zero-order chi connectivity index (χ0) is 10.1. The summed E-state index contributed by atoms with van der Waals surface area (Å²) in [5.41, 5.74) is 2.59. The molecule has 1 aromatic carbocycles. The number of benzene rings is 1. The van der Waals surface area contributed by atoms with Gasteiger partial charge in [-0.25, -0.2) is 0 Å². The Labute approximate surface area is 101 Å². The summed E-state index contributed by atoms with van der Waals surface area (Å²) < 4.78 is 2.55. The van der Waals surface area contributed by atoms with E-state index in [-0.39, 0.29) is 0 Å². The minimum absolute atomic E-state index is 0.591. The zero-order valence-corrected chi connectivity index (χ0v) is 11.0. The van der Waals surface area contributed by atoms with Crippen LogP contribution < -0.4 is 0 Å². The topological polar surface area (TPSA) is 0 Å². The van der Waals surface area contributed by atoms with Crippen LogP contribution in [0.1, 0.15) is 18.1 Å². The van der Waals surface area contributed by atoms with Gasteiger partial charge in [0.05, 0.1) is 0 Å². The van der Waals surface area contributed by atoms with Crippen LogP contribution >= 0.6 is 38.9 Å². The predicted molar refractivity (Wildman–Crippen MR) is 68.5 cm³/mol. The molecule has 0 radical (unpaired) electrons. The molecule has 1 aromatic heterocycles. The van der Waals surface area contributed by atoms with Crippen molar-refractivity contribution in [3.8, 4) is 0 Å². The highest BCUT2D eigenvalue weighted by atomic mass is 79.9. The molecule has 14 heavy (non-hydrogen) atoms. The summed E-state index contributed by atoms with van der Waals surface area (Å²) in [6.07, 6.45) is 1.02. The fourth-order valence-corrected chi connectivity index (χ4v) is 3.79. The van der Waals surface area contributed by atoms with Crippen molar-refractivity contribution in [2.45, 2.75) is 19.2 Å². The van der Waals surface area contributed by atoms with E-state index < -0.39 is 0 Å². The largest absolute Gasteiger partial charge is 0.143 e. The molecule has 0 saturated carbocycles. The van der Waals surface area contributed by atoms with Gasteiger partial charge >= 0.3 is 0 Å². The molecule has 0 spiro atoms. The molecule has 1 heterocycles. The van der Waals surface area contributed by atoms with Crippen LogP contribution in [0.15, 0.2) is 22.0 Å². The van der Waals surface area contributed by atoms with E-state index in [1.54, 1.807) is 11.3 Å². The molecule has 0 fully saturated rings. The lowest BCUT2D eigenvalue weighted by molar-refractivity contribution is 1.10. The summed E-state index contributed by atoms with van der Waals surface area (Å²) in [7, 11) is 0. The first-order valence-electron chi connectivity index (χ1n) is 4.51. The van der Waals surface area contributed by atoms with Gasteiger partial charge in [0, 0.05) is 15.1 Å². The molecular weight excluding hydrogens is 280 g/mol. The predicted octanol–water partition coefficient (Wildman–Crippen LogP) is 4.97. The SMILES string of the molecule is CCc1c(CCl)cc2ccsc2c1Br. The van der Waals surface area contributed by atoms with Crippen LogP contribution in [0.2, 0.25) is 0 Å².